The minimum atomic E-state index is -1.24. The second kappa shape index (κ2) is 5.14. The van der Waals surface area contributed by atoms with Gasteiger partial charge in [0.2, 0.25) is 0 Å². The van der Waals surface area contributed by atoms with Crippen molar-refractivity contribution in [2.24, 2.45) is 0 Å². The highest BCUT2D eigenvalue weighted by Gasteiger charge is 2.19. The monoisotopic (exact) mass is 312 g/mol. The van der Waals surface area contributed by atoms with Crippen LogP contribution in [0.2, 0.25) is 5.02 Å². The third-order valence-corrected chi connectivity index (χ3v) is 3.50. The molecule has 4 nitrogen and oxygen atoms in total. The lowest BCUT2D eigenvalue weighted by Gasteiger charge is -1.99. The van der Waals surface area contributed by atoms with Gasteiger partial charge in [0.15, 0.2) is 5.76 Å². The fourth-order valence-electron chi connectivity index (χ4n) is 2.28. The van der Waals surface area contributed by atoms with Crippen molar-refractivity contribution in [1.82, 2.24) is 0 Å². The lowest BCUT2D eigenvalue weighted by atomic mass is 10.0. The highest BCUT2D eigenvalue weighted by Crippen LogP contribution is 2.36. The third-order valence-electron chi connectivity index (χ3n) is 3.27. The molecule has 2 N–H and O–H groups in total. The number of aromatic hydroxyl groups is 1. The van der Waals surface area contributed by atoms with Gasteiger partial charge in [-0.1, -0.05) is 29.7 Å². The van der Waals surface area contributed by atoms with Crippen LogP contribution in [0, 0.1) is 12.3 Å². The number of hydrogen-bond donors (Lipinski definition) is 2. The van der Waals surface area contributed by atoms with Crippen molar-refractivity contribution in [1.29, 1.82) is 0 Å². The molecule has 0 aliphatic carbocycles. The van der Waals surface area contributed by atoms with Crippen LogP contribution >= 0.6 is 11.6 Å². The molecule has 0 unspecified atom stereocenters. The van der Waals surface area contributed by atoms with Crippen LogP contribution in [0.25, 0.3) is 22.3 Å². The van der Waals surface area contributed by atoms with Crippen LogP contribution in [-0.2, 0) is 0 Å². The van der Waals surface area contributed by atoms with Gasteiger partial charge in [0.05, 0.1) is 5.56 Å². The predicted molar refractivity (Wildman–Crippen MR) is 83.2 cm³/mol. The first-order valence-corrected chi connectivity index (χ1v) is 6.64. The van der Waals surface area contributed by atoms with Gasteiger partial charge in [-0.25, -0.2) is 4.79 Å². The maximum absolute atomic E-state index is 11.1. The van der Waals surface area contributed by atoms with Crippen molar-refractivity contribution in [2.75, 3.05) is 0 Å². The van der Waals surface area contributed by atoms with E-state index in [0.717, 1.165) is 0 Å². The Morgan fingerprint density at radius 1 is 1.27 bits per heavy atom. The molecule has 0 amide bonds. The number of carboxylic acids is 1. The zero-order valence-electron chi connectivity index (χ0n) is 11.1. The van der Waals surface area contributed by atoms with E-state index in [2.05, 4.69) is 5.92 Å². The van der Waals surface area contributed by atoms with E-state index in [1.54, 1.807) is 24.3 Å². The molecule has 1 aromatic heterocycles. The van der Waals surface area contributed by atoms with Crippen LogP contribution in [0.3, 0.4) is 0 Å². The number of hydrogen-bond acceptors (Lipinski definition) is 3. The van der Waals surface area contributed by atoms with E-state index in [1.165, 1.54) is 12.1 Å². The first-order chi connectivity index (χ1) is 10.5. The number of carboxylic acid groups (broad SMARTS) is 1. The lowest BCUT2D eigenvalue weighted by molar-refractivity contribution is 0.0694. The molecule has 0 bridgehead atoms. The van der Waals surface area contributed by atoms with Crippen molar-refractivity contribution in [3.63, 3.8) is 0 Å². The van der Waals surface area contributed by atoms with Gasteiger partial charge in [-0.15, -0.1) is 6.42 Å². The van der Waals surface area contributed by atoms with Gasteiger partial charge in [0, 0.05) is 22.0 Å². The fraction of sp³-hybridized carbons (Fsp3) is 0. The van der Waals surface area contributed by atoms with E-state index in [0.29, 0.717) is 32.9 Å². The van der Waals surface area contributed by atoms with E-state index in [1.807, 2.05) is 0 Å². The zero-order valence-corrected chi connectivity index (χ0v) is 11.9. The van der Waals surface area contributed by atoms with Gasteiger partial charge in [-0.2, -0.15) is 0 Å². The van der Waals surface area contributed by atoms with Gasteiger partial charge in [-0.05, 0) is 18.2 Å². The number of aromatic carboxylic acids is 1. The van der Waals surface area contributed by atoms with Crippen molar-refractivity contribution in [3.05, 3.63) is 52.5 Å². The first-order valence-electron chi connectivity index (χ1n) is 6.26. The van der Waals surface area contributed by atoms with E-state index in [9.17, 15) is 9.90 Å². The van der Waals surface area contributed by atoms with Crippen LogP contribution in [-0.4, -0.2) is 16.2 Å². The molecule has 1 heterocycles. The largest absolute Gasteiger partial charge is 0.507 e. The van der Waals surface area contributed by atoms with E-state index >= 15 is 0 Å². The molecule has 3 aromatic rings. The molecule has 0 spiro atoms. The Morgan fingerprint density at radius 2 is 2.05 bits per heavy atom. The Labute approximate surface area is 130 Å². The highest BCUT2D eigenvalue weighted by molar-refractivity contribution is 6.30. The van der Waals surface area contributed by atoms with Crippen LogP contribution < -0.4 is 0 Å². The van der Waals surface area contributed by atoms with E-state index in [4.69, 9.17) is 27.5 Å². The molecular formula is C17H9ClO4. The average Bonchev–Trinajstić information content (AvgIpc) is 2.83. The molecule has 0 radical (unpaired) electrons. The molecule has 0 saturated carbocycles. The van der Waals surface area contributed by atoms with Crippen LogP contribution in [0.4, 0.5) is 0 Å². The van der Waals surface area contributed by atoms with Crippen molar-refractivity contribution >= 4 is 28.5 Å². The second-order valence-corrected chi connectivity index (χ2v) is 5.07. The minimum absolute atomic E-state index is 0.234. The maximum atomic E-state index is 11.1. The molecule has 5 heteroatoms. The molecule has 3 rings (SSSR count). The van der Waals surface area contributed by atoms with Gasteiger partial charge >= 0.3 is 5.97 Å². The van der Waals surface area contributed by atoms with Gasteiger partial charge in [0.1, 0.15) is 16.9 Å². The molecular weight excluding hydrogens is 304 g/mol. The van der Waals surface area contributed by atoms with E-state index in [-0.39, 0.29) is 11.3 Å². The molecule has 2 aromatic carbocycles. The van der Waals surface area contributed by atoms with Crippen LogP contribution in [0.15, 0.2) is 40.8 Å². The summed E-state index contributed by atoms with van der Waals surface area (Å²) in [6, 6.07) is 9.50. The summed E-state index contributed by atoms with van der Waals surface area (Å²) in [5, 5.41) is 19.8. The lowest BCUT2D eigenvalue weighted by Crippen LogP contribution is -1.96. The van der Waals surface area contributed by atoms with Crippen LogP contribution in [0.1, 0.15) is 15.9 Å². The number of terminal acetylenes is 1. The number of furan rings is 1. The molecule has 0 aliphatic rings. The smallest absolute Gasteiger partial charge is 0.339 e. The fourth-order valence-corrected chi connectivity index (χ4v) is 2.47. The molecule has 0 fully saturated rings. The summed E-state index contributed by atoms with van der Waals surface area (Å²) in [4.78, 5) is 11.1. The number of benzene rings is 2. The molecule has 0 aliphatic heterocycles. The van der Waals surface area contributed by atoms with Crippen molar-refractivity contribution in [3.8, 4) is 29.4 Å². The zero-order chi connectivity index (χ0) is 15.9. The van der Waals surface area contributed by atoms with Gasteiger partial charge in [-0.3, -0.25) is 0 Å². The van der Waals surface area contributed by atoms with Crippen molar-refractivity contribution in [2.45, 2.75) is 0 Å². The molecule has 0 atom stereocenters. The van der Waals surface area contributed by atoms with Crippen LogP contribution in [0.5, 0.6) is 5.75 Å². The Morgan fingerprint density at radius 3 is 2.68 bits per heavy atom. The predicted octanol–water partition coefficient (Wildman–Crippen LogP) is 4.14. The summed E-state index contributed by atoms with van der Waals surface area (Å²) in [5.74, 6) is 1.29. The SMILES string of the molecule is C#Cc1c(-c2cccc(Cl)c2)oc2cc(O)c(C(=O)O)cc12. The third kappa shape index (κ3) is 2.18. The quantitative estimate of drug-likeness (QED) is 0.698. The summed E-state index contributed by atoms with van der Waals surface area (Å²) >= 11 is 5.97. The Hall–Kier alpha value is -2.90. The number of carbonyl (C=O) groups is 1. The first kappa shape index (κ1) is 14.1. The summed E-state index contributed by atoms with van der Waals surface area (Å²) in [5.41, 5.74) is 1.17. The Balaban J connectivity index is 2.34. The maximum Gasteiger partial charge on any atom is 0.339 e. The summed E-state index contributed by atoms with van der Waals surface area (Å²) < 4.78 is 5.69. The average molecular weight is 313 g/mol. The summed E-state index contributed by atoms with van der Waals surface area (Å²) in [7, 11) is 0. The molecule has 22 heavy (non-hydrogen) atoms. The number of fused-ring (bicyclic) bond motifs is 1. The topological polar surface area (TPSA) is 70.7 Å². The molecule has 108 valence electrons. The van der Waals surface area contributed by atoms with E-state index < -0.39 is 5.97 Å². The minimum Gasteiger partial charge on any atom is -0.507 e. The standard InChI is InChI=1S/C17H9ClO4/c1-2-11-12-7-13(17(20)21)14(19)8-15(12)22-16(11)9-4-3-5-10(18)6-9/h1,3-8,19H,(H,20,21). The second-order valence-electron chi connectivity index (χ2n) is 4.63. The number of halogens is 1. The van der Waals surface area contributed by atoms with Crippen molar-refractivity contribution < 1.29 is 19.4 Å². The number of rotatable bonds is 2. The highest BCUT2D eigenvalue weighted by atomic mass is 35.5. The normalized spacial score (nSPS) is 10.5. The summed E-state index contributed by atoms with van der Waals surface area (Å²) in [6.45, 7) is 0. The summed E-state index contributed by atoms with van der Waals surface area (Å²) in [6.07, 6.45) is 5.55. The Bertz CT molecular complexity index is 947. The van der Waals surface area contributed by atoms with Gasteiger partial charge < -0.3 is 14.6 Å². The number of phenols is 1. The van der Waals surface area contributed by atoms with Gasteiger partial charge in [0.25, 0.3) is 0 Å². The molecule has 0 saturated heterocycles. The Kier molecular flexibility index (Phi) is 3.28.